The van der Waals surface area contributed by atoms with Crippen LogP contribution in [0.15, 0.2) is 81.1 Å². The van der Waals surface area contributed by atoms with Crippen molar-refractivity contribution in [3.8, 4) is 5.69 Å². The number of aryl methyl sites for hydroxylation is 1. The lowest BCUT2D eigenvalue weighted by Gasteiger charge is -2.16. The average molecular weight is 557 g/mol. The predicted molar refractivity (Wildman–Crippen MR) is 151 cm³/mol. The van der Waals surface area contributed by atoms with Crippen LogP contribution in [0, 0.1) is 0 Å². The van der Waals surface area contributed by atoms with Crippen molar-refractivity contribution in [3.63, 3.8) is 0 Å². The number of fused-ring (bicyclic) bond motifs is 2. The lowest BCUT2D eigenvalue weighted by molar-refractivity contribution is -0.137. The summed E-state index contributed by atoms with van der Waals surface area (Å²) >= 11 is 6.08. The number of carboxylic acid groups (broad SMARTS) is 1. The maximum absolute atomic E-state index is 13.7. The van der Waals surface area contributed by atoms with Gasteiger partial charge in [0.25, 0.3) is 5.56 Å². The Morgan fingerprint density at radius 3 is 2.62 bits per heavy atom. The molecule has 1 unspecified atom stereocenters. The Morgan fingerprint density at radius 1 is 1.05 bits per heavy atom. The number of benzene rings is 3. The summed E-state index contributed by atoms with van der Waals surface area (Å²) in [6, 6.07) is 19.9. The average Bonchev–Trinajstić information content (AvgIpc) is 3.57. The molecule has 1 aliphatic rings. The van der Waals surface area contributed by atoms with E-state index in [0.29, 0.717) is 70.3 Å². The fourth-order valence-corrected chi connectivity index (χ4v) is 5.03. The van der Waals surface area contributed by atoms with Crippen LogP contribution in [0.25, 0.3) is 27.7 Å². The minimum atomic E-state index is -0.871. The maximum atomic E-state index is 13.7. The number of nitrogens with zero attached hydrogens (tertiary/aromatic N) is 4. The summed E-state index contributed by atoms with van der Waals surface area (Å²) in [4.78, 5) is 40.0. The molecule has 3 heterocycles. The minimum absolute atomic E-state index is 0.0571. The lowest BCUT2D eigenvalue weighted by Crippen LogP contribution is -2.24. The lowest BCUT2D eigenvalue weighted by atomic mass is 9.95. The number of hydrogen-bond acceptors (Lipinski definition) is 7. The summed E-state index contributed by atoms with van der Waals surface area (Å²) in [7, 11) is 0. The zero-order chi connectivity index (χ0) is 27.9. The van der Waals surface area contributed by atoms with Crippen LogP contribution < -0.4 is 5.56 Å². The molecular formula is C30H25ClN4O5. The zero-order valence-electron chi connectivity index (χ0n) is 21.6. The molecule has 0 bridgehead atoms. The first-order chi connectivity index (χ1) is 19.3. The standard InChI is InChI=1S/C30H25ClN4O5/c1-30(29-33-22-6-2-3-7-25(22)39-29)17-24(34-40-30)18-10-15-21-23(16-18)32-26(8-4-5-9-27(36)37)35(28(21)38)20-13-11-19(31)12-14-20/h2-3,6-7,10-16H,4-5,8-9,17H2,1H3,(H,36,37). The quantitative estimate of drug-likeness (QED) is 0.232. The Hall–Kier alpha value is -4.50. The second-order valence-electron chi connectivity index (χ2n) is 10.0. The van der Waals surface area contributed by atoms with Crippen molar-refractivity contribution in [2.75, 3.05) is 0 Å². The van der Waals surface area contributed by atoms with Crippen molar-refractivity contribution in [2.45, 2.75) is 44.6 Å². The fraction of sp³-hybridized carbons (Fsp3) is 0.233. The van der Waals surface area contributed by atoms with E-state index >= 15 is 0 Å². The van der Waals surface area contributed by atoms with Gasteiger partial charge < -0.3 is 14.4 Å². The third-order valence-corrected chi connectivity index (χ3v) is 7.26. The van der Waals surface area contributed by atoms with Crippen molar-refractivity contribution >= 4 is 45.3 Å². The molecule has 10 heteroatoms. The van der Waals surface area contributed by atoms with E-state index < -0.39 is 11.6 Å². The summed E-state index contributed by atoms with van der Waals surface area (Å²) in [5.41, 5.74) is 2.98. The molecule has 6 rings (SSSR count). The van der Waals surface area contributed by atoms with Crippen molar-refractivity contribution in [1.82, 2.24) is 14.5 Å². The van der Waals surface area contributed by atoms with E-state index in [0.717, 1.165) is 11.1 Å². The molecule has 0 amide bonds. The second kappa shape index (κ2) is 10.2. The molecule has 5 aromatic rings. The molecule has 0 fully saturated rings. The number of oxazole rings is 1. The fourth-order valence-electron chi connectivity index (χ4n) is 4.90. The van der Waals surface area contributed by atoms with E-state index in [2.05, 4.69) is 10.1 Å². The number of carboxylic acids is 1. The van der Waals surface area contributed by atoms with Crippen molar-refractivity contribution < 1.29 is 19.2 Å². The van der Waals surface area contributed by atoms with Gasteiger partial charge in [-0.2, -0.15) is 0 Å². The van der Waals surface area contributed by atoms with Gasteiger partial charge in [-0.1, -0.05) is 35.0 Å². The first kappa shape index (κ1) is 25.8. The van der Waals surface area contributed by atoms with Gasteiger partial charge in [-0.25, -0.2) is 9.97 Å². The van der Waals surface area contributed by atoms with Crippen molar-refractivity contribution in [3.05, 3.63) is 99.4 Å². The molecule has 40 heavy (non-hydrogen) atoms. The first-order valence-corrected chi connectivity index (χ1v) is 13.3. The second-order valence-corrected chi connectivity index (χ2v) is 10.4. The number of oxime groups is 1. The Morgan fingerprint density at radius 2 is 1.85 bits per heavy atom. The first-order valence-electron chi connectivity index (χ1n) is 13.0. The number of unbranched alkanes of at least 4 members (excludes halogenated alkanes) is 1. The number of carbonyl (C=O) groups is 1. The SMILES string of the molecule is CC1(c2nc3ccccc3o2)CC(c2ccc3c(=O)n(-c4ccc(Cl)cc4)c(CCCCC(=O)O)nc3c2)=NO1. The number of aromatic nitrogens is 3. The van der Waals surface area contributed by atoms with Gasteiger partial charge in [0.15, 0.2) is 5.58 Å². The summed E-state index contributed by atoms with van der Waals surface area (Å²) in [6.45, 7) is 1.88. The maximum Gasteiger partial charge on any atom is 0.303 e. The highest BCUT2D eigenvalue weighted by Crippen LogP contribution is 2.37. The molecule has 1 atom stereocenters. The van der Waals surface area contributed by atoms with E-state index in [9.17, 15) is 9.59 Å². The van der Waals surface area contributed by atoms with E-state index in [1.165, 1.54) is 0 Å². The van der Waals surface area contributed by atoms with Crippen molar-refractivity contribution in [1.29, 1.82) is 0 Å². The van der Waals surface area contributed by atoms with E-state index in [4.69, 9.17) is 30.9 Å². The van der Waals surface area contributed by atoms with Gasteiger partial charge in [0, 0.05) is 29.8 Å². The van der Waals surface area contributed by atoms with Gasteiger partial charge in [0.05, 0.1) is 22.3 Å². The third-order valence-electron chi connectivity index (χ3n) is 7.01. The number of rotatable bonds is 8. The monoisotopic (exact) mass is 556 g/mol. The molecule has 0 radical (unpaired) electrons. The van der Waals surface area contributed by atoms with Gasteiger partial charge in [0.2, 0.25) is 11.5 Å². The predicted octanol–water partition coefficient (Wildman–Crippen LogP) is 6.02. The van der Waals surface area contributed by atoms with Crippen LogP contribution in [0.4, 0.5) is 0 Å². The Balaban J connectivity index is 1.34. The third kappa shape index (κ3) is 4.84. The van der Waals surface area contributed by atoms with Crippen molar-refractivity contribution in [2.24, 2.45) is 5.16 Å². The zero-order valence-corrected chi connectivity index (χ0v) is 22.4. The Labute approximate surface area is 233 Å². The topological polar surface area (TPSA) is 120 Å². The molecular weight excluding hydrogens is 532 g/mol. The number of hydrogen-bond donors (Lipinski definition) is 1. The highest BCUT2D eigenvalue weighted by Gasteiger charge is 2.41. The van der Waals surface area contributed by atoms with E-state index in [1.54, 1.807) is 34.9 Å². The summed E-state index contributed by atoms with van der Waals surface area (Å²) in [5.74, 6) is 0.139. The molecule has 9 nitrogen and oxygen atoms in total. The van der Waals surface area contributed by atoms with Gasteiger partial charge in [0.1, 0.15) is 11.3 Å². The highest BCUT2D eigenvalue weighted by molar-refractivity contribution is 6.30. The molecule has 202 valence electrons. The number of para-hydroxylation sites is 2. The van der Waals surface area contributed by atoms with Crippen LogP contribution in [0.1, 0.15) is 49.9 Å². The van der Waals surface area contributed by atoms with E-state index in [1.807, 2.05) is 43.3 Å². The van der Waals surface area contributed by atoms with Gasteiger partial charge in [-0.3, -0.25) is 14.2 Å². The molecule has 0 saturated heterocycles. The van der Waals surface area contributed by atoms with Crippen LogP contribution in [-0.4, -0.2) is 31.3 Å². The van der Waals surface area contributed by atoms with Gasteiger partial charge in [-0.15, -0.1) is 0 Å². The van der Waals surface area contributed by atoms with Gasteiger partial charge in [-0.05, 0) is 68.3 Å². The Bertz CT molecular complexity index is 1810. The van der Waals surface area contributed by atoms with E-state index in [-0.39, 0.29) is 12.0 Å². The normalized spacial score (nSPS) is 16.8. The summed E-state index contributed by atoms with van der Waals surface area (Å²) < 4.78 is 7.52. The highest BCUT2D eigenvalue weighted by atomic mass is 35.5. The molecule has 1 N–H and O–H groups in total. The molecule has 0 aliphatic carbocycles. The molecule has 0 saturated carbocycles. The van der Waals surface area contributed by atoms with Crippen LogP contribution >= 0.6 is 11.6 Å². The molecule has 3 aromatic carbocycles. The largest absolute Gasteiger partial charge is 0.481 e. The van der Waals surface area contributed by atoms with Crippen LogP contribution in [0.5, 0.6) is 0 Å². The summed E-state index contributed by atoms with van der Waals surface area (Å²) in [5, 5.41) is 14.4. The minimum Gasteiger partial charge on any atom is -0.481 e. The smallest absolute Gasteiger partial charge is 0.303 e. The van der Waals surface area contributed by atoms with Crippen LogP contribution in [0.2, 0.25) is 5.02 Å². The Kier molecular flexibility index (Phi) is 6.59. The number of halogens is 1. The van der Waals surface area contributed by atoms with Crippen LogP contribution in [0.3, 0.4) is 0 Å². The van der Waals surface area contributed by atoms with Gasteiger partial charge >= 0.3 is 5.97 Å². The van der Waals surface area contributed by atoms with Crippen LogP contribution in [-0.2, 0) is 21.7 Å². The number of aliphatic carboxylic acids is 1. The molecule has 0 spiro atoms. The summed E-state index contributed by atoms with van der Waals surface area (Å²) in [6.07, 6.45) is 1.97. The molecule has 1 aliphatic heterocycles. The molecule has 2 aromatic heterocycles.